The van der Waals surface area contributed by atoms with Crippen molar-refractivity contribution in [3.05, 3.63) is 76.8 Å². The highest BCUT2D eigenvalue weighted by atomic mass is 35.5. The summed E-state index contributed by atoms with van der Waals surface area (Å²) in [4.78, 5) is 39.7. The first-order chi connectivity index (χ1) is 18.7. The van der Waals surface area contributed by atoms with E-state index in [-0.39, 0.29) is 23.2 Å². The van der Waals surface area contributed by atoms with Crippen molar-refractivity contribution in [3.8, 4) is 11.5 Å². The number of nitrogens with one attached hydrogen (secondary N) is 2. The molecule has 11 heteroatoms. The van der Waals surface area contributed by atoms with E-state index in [1.54, 1.807) is 24.1 Å². The summed E-state index contributed by atoms with van der Waals surface area (Å²) in [6.45, 7) is 4.04. The zero-order chi connectivity index (χ0) is 27.9. The summed E-state index contributed by atoms with van der Waals surface area (Å²) in [7, 11) is 1.55. The number of anilines is 3. The Morgan fingerprint density at radius 3 is 2.26 bits per heavy atom. The molecule has 0 unspecified atom stereocenters. The minimum atomic E-state index is -0.968. The van der Waals surface area contributed by atoms with Gasteiger partial charge in [0.05, 0.1) is 24.2 Å². The lowest BCUT2D eigenvalue weighted by Crippen LogP contribution is -2.49. The lowest BCUT2D eigenvalue weighted by atomic mass is 10.1. The Bertz CT molecular complexity index is 1360. The van der Waals surface area contributed by atoms with Crippen molar-refractivity contribution in [1.82, 2.24) is 4.90 Å². The molecule has 3 aromatic carbocycles. The van der Waals surface area contributed by atoms with E-state index in [1.165, 1.54) is 12.1 Å². The van der Waals surface area contributed by atoms with Crippen LogP contribution in [-0.2, 0) is 11.2 Å². The van der Waals surface area contributed by atoms with E-state index >= 15 is 0 Å². The largest absolute Gasteiger partial charge is 0.495 e. The molecule has 0 saturated carbocycles. The van der Waals surface area contributed by atoms with E-state index in [1.807, 2.05) is 43.3 Å². The first-order valence-corrected chi connectivity index (χ1v) is 12.6. The quantitative estimate of drug-likeness (QED) is 0.366. The lowest BCUT2D eigenvalue weighted by molar-refractivity contribution is -0.136. The maximum atomic E-state index is 12.6. The molecule has 0 spiro atoms. The summed E-state index contributed by atoms with van der Waals surface area (Å²) in [5, 5.41) is 14.7. The van der Waals surface area contributed by atoms with Gasteiger partial charge in [0.15, 0.2) is 5.75 Å². The molecule has 1 heterocycles. The normalized spacial score (nSPS) is 13.0. The maximum absolute atomic E-state index is 12.6. The smallest absolute Gasteiger partial charge is 0.415 e. The predicted molar refractivity (Wildman–Crippen MR) is 149 cm³/mol. The average molecular weight is 553 g/mol. The van der Waals surface area contributed by atoms with Crippen LogP contribution in [0.5, 0.6) is 11.5 Å². The highest BCUT2D eigenvalue weighted by Gasteiger charge is 2.23. The third-order valence-corrected chi connectivity index (χ3v) is 6.48. The highest BCUT2D eigenvalue weighted by Crippen LogP contribution is 2.28. The van der Waals surface area contributed by atoms with Crippen LogP contribution in [0.2, 0.25) is 5.02 Å². The van der Waals surface area contributed by atoms with Gasteiger partial charge in [-0.05, 0) is 66.6 Å². The van der Waals surface area contributed by atoms with Crippen molar-refractivity contribution >= 4 is 46.8 Å². The van der Waals surface area contributed by atoms with Crippen LogP contribution in [0.3, 0.4) is 0 Å². The van der Waals surface area contributed by atoms with Crippen LogP contribution < -0.4 is 25.0 Å². The molecular weight excluding hydrogens is 524 g/mol. The van der Waals surface area contributed by atoms with Crippen LogP contribution in [0.15, 0.2) is 60.7 Å². The van der Waals surface area contributed by atoms with Gasteiger partial charge in [0.25, 0.3) is 0 Å². The molecule has 1 aliphatic heterocycles. The third-order valence-electron chi connectivity index (χ3n) is 6.18. The molecule has 1 fully saturated rings. The number of rotatable bonds is 7. The molecule has 0 aromatic heterocycles. The number of amides is 3. The van der Waals surface area contributed by atoms with E-state index in [0.29, 0.717) is 48.9 Å². The standard InChI is InChI=1S/C28H29ClN4O6/c1-18-3-9-25(38-2)23(15-18)31-27(36)30-20-5-7-21(8-6-20)32-11-13-33(14-12-32)28(37)39-24-10-4-19(16-22(24)29)17-26(34)35/h3-10,15-16H,11-14,17H2,1-2H3,(H,34,35)(H2,30,31,36). The summed E-state index contributed by atoms with van der Waals surface area (Å²) >= 11 is 6.17. The van der Waals surface area contributed by atoms with Crippen LogP contribution in [0, 0.1) is 6.92 Å². The molecule has 0 aliphatic carbocycles. The van der Waals surface area contributed by atoms with E-state index in [0.717, 1.165) is 11.3 Å². The van der Waals surface area contributed by atoms with Crippen LogP contribution >= 0.6 is 11.6 Å². The number of aryl methyl sites for hydroxylation is 1. The zero-order valence-electron chi connectivity index (χ0n) is 21.6. The minimum Gasteiger partial charge on any atom is -0.495 e. The molecule has 0 radical (unpaired) electrons. The van der Waals surface area contributed by atoms with Crippen LogP contribution in [0.1, 0.15) is 11.1 Å². The Morgan fingerprint density at radius 1 is 0.923 bits per heavy atom. The van der Waals surface area contributed by atoms with Gasteiger partial charge in [-0.1, -0.05) is 23.7 Å². The number of carbonyl (C=O) groups is 3. The monoisotopic (exact) mass is 552 g/mol. The number of halogens is 1. The summed E-state index contributed by atoms with van der Waals surface area (Å²) in [5.74, 6) is -0.207. The highest BCUT2D eigenvalue weighted by molar-refractivity contribution is 6.32. The topological polar surface area (TPSA) is 120 Å². The Morgan fingerprint density at radius 2 is 1.62 bits per heavy atom. The molecule has 1 aliphatic rings. The molecule has 1 saturated heterocycles. The van der Waals surface area contributed by atoms with Gasteiger partial charge in [-0.2, -0.15) is 0 Å². The molecule has 0 atom stereocenters. The number of methoxy groups -OCH3 is 1. The second kappa shape index (κ2) is 12.4. The fourth-order valence-corrected chi connectivity index (χ4v) is 4.42. The van der Waals surface area contributed by atoms with Crippen molar-refractivity contribution < 1.29 is 29.0 Å². The summed E-state index contributed by atoms with van der Waals surface area (Å²) in [6.07, 6.45) is -0.679. The molecule has 4 rings (SSSR count). The Labute approximate surface area is 231 Å². The van der Waals surface area contributed by atoms with Gasteiger partial charge in [0, 0.05) is 37.6 Å². The number of carboxylic acid groups (broad SMARTS) is 1. The minimum absolute atomic E-state index is 0.164. The van der Waals surface area contributed by atoms with Crippen molar-refractivity contribution in [1.29, 1.82) is 0 Å². The average Bonchev–Trinajstić information content (AvgIpc) is 2.90. The maximum Gasteiger partial charge on any atom is 0.415 e. The Balaban J connectivity index is 1.27. The van der Waals surface area contributed by atoms with E-state index in [4.69, 9.17) is 26.2 Å². The number of benzene rings is 3. The fourth-order valence-electron chi connectivity index (χ4n) is 4.18. The number of nitrogens with zero attached hydrogens (tertiary/aromatic N) is 2. The van der Waals surface area contributed by atoms with Crippen molar-refractivity contribution in [3.63, 3.8) is 0 Å². The predicted octanol–water partition coefficient (Wildman–Crippen LogP) is 5.25. The van der Waals surface area contributed by atoms with Crippen LogP contribution in [-0.4, -0.2) is 61.4 Å². The second-order valence-electron chi connectivity index (χ2n) is 9.01. The Hall–Kier alpha value is -4.44. The summed E-state index contributed by atoms with van der Waals surface area (Å²) < 4.78 is 10.7. The van der Waals surface area contributed by atoms with E-state index in [9.17, 15) is 14.4 Å². The van der Waals surface area contributed by atoms with Gasteiger partial charge >= 0.3 is 18.1 Å². The number of ether oxygens (including phenoxy) is 2. The first kappa shape index (κ1) is 27.6. The van der Waals surface area contributed by atoms with Gasteiger partial charge < -0.3 is 35.0 Å². The molecule has 204 valence electrons. The van der Waals surface area contributed by atoms with Crippen LogP contribution in [0.4, 0.5) is 26.7 Å². The van der Waals surface area contributed by atoms with Gasteiger partial charge in [-0.15, -0.1) is 0 Å². The number of piperazine rings is 1. The molecule has 3 amide bonds. The lowest BCUT2D eigenvalue weighted by Gasteiger charge is -2.35. The first-order valence-electron chi connectivity index (χ1n) is 12.3. The number of hydrogen-bond donors (Lipinski definition) is 3. The van der Waals surface area contributed by atoms with Gasteiger partial charge in [-0.25, -0.2) is 9.59 Å². The fraction of sp³-hybridized carbons (Fsp3) is 0.250. The number of aliphatic carboxylic acids is 1. The van der Waals surface area contributed by atoms with Crippen molar-refractivity contribution in [2.24, 2.45) is 0 Å². The molecule has 10 nitrogen and oxygen atoms in total. The zero-order valence-corrected chi connectivity index (χ0v) is 22.3. The van der Waals surface area contributed by atoms with Gasteiger partial charge in [0.2, 0.25) is 0 Å². The van der Waals surface area contributed by atoms with Crippen LogP contribution in [0.25, 0.3) is 0 Å². The molecule has 3 N–H and O–H groups in total. The number of carbonyl (C=O) groups excluding carboxylic acids is 2. The van der Waals surface area contributed by atoms with E-state index < -0.39 is 12.1 Å². The van der Waals surface area contributed by atoms with E-state index in [2.05, 4.69) is 15.5 Å². The molecular formula is C28H29ClN4O6. The van der Waals surface area contributed by atoms with Gasteiger partial charge in [0.1, 0.15) is 5.75 Å². The number of carboxylic acids is 1. The second-order valence-corrected chi connectivity index (χ2v) is 9.41. The molecule has 3 aromatic rings. The molecule has 39 heavy (non-hydrogen) atoms. The summed E-state index contributed by atoms with van der Waals surface area (Å²) in [5.41, 5.74) is 3.71. The Kier molecular flexibility index (Phi) is 8.77. The number of urea groups is 1. The van der Waals surface area contributed by atoms with Crippen molar-refractivity contribution in [2.45, 2.75) is 13.3 Å². The molecule has 0 bridgehead atoms. The number of hydrogen-bond acceptors (Lipinski definition) is 6. The SMILES string of the molecule is COc1ccc(C)cc1NC(=O)Nc1ccc(N2CCN(C(=O)Oc3ccc(CC(=O)O)cc3Cl)CC2)cc1. The van der Waals surface area contributed by atoms with Crippen molar-refractivity contribution in [2.75, 3.05) is 48.8 Å². The third kappa shape index (κ3) is 7.32. The summed E-state index contributed by atoms with van der Waals surface area (Å²) in [6, 6.07) is 17.2. The van der Waals surface area contributed by atoms with Gasteiger partial charge in [-0.3, -0.25) is 4.79 Å².